The minimum absolute atomic E-state index is 0.134. The third kappa shape index (κ3) is 6.63. The molecule has 5 rings (SSSR count). The molecule has 0 radical (unpaired) electrons. The first kappa shape index (κ1) is 30.8. The van der Waals surface area contributed by atoms with Crippen LogP contribution < -0.4 is 27.3 Å². The second-order valence-corrected chi connectivity index (χ2v) is 12.7. The van der Waals surface area contributed by atoms with Gasteiger partial charge in [0.1, 0.15) is 29.3 Å². The van der Waals surface area contributed by atoms with Gasteiger partial charge in [-0.05, 0) is 99.0 Å². The Bertz CT molecular complexity index is 1490. The predicted molar refractivity (Wildman–Crippen MR) is 173 cm³/mol. The molecule has 0 spiro atoms. The van der Waals surface area contributed by atoms with Crippen LogP contribution in [0.4, 0.5) is 0 Å². The van der Waals surface area contributed by atoms with Crippen LogP contribution in [-0.2, 0) is 29.0 Å². The van der Waals surface area contributed by atoms with Gasteiger partial charge in [-0.25, -0.2) is 0 Å². The summed E-state index contributed by atoms with van der Waals surface area (Å²) in [7, 11) is 0. The number of hydrogen-bond acceptors (Lipinski definition) is 9. The van der Waals surface area contributed by atoms with E-state index < -0.39 is 11.5 Å². The Morgan fingerprint density at radius 2 is 2.02 bits per heavy atom. The molecule has 2 aromatic rings. The molecule has 4 unspecified atom stereocenters. The largest absolute Gasteiger partial charge is 0.486 e. The van der Waals surface area contributed by atoms with Crippen molar-refractivity contribution in [1.82, 2.24) is 5.32 Å². The van der Waals surface area contributed by atoms with E-state index in [1.54, 1.807) is 5.41 Å². The highest BCUT2D eigenvalue weighted by atomic mass is 32.2. The van der Waals surface area contributed by atoms with E-state index in [9.17, 15) is 4.79 Å². The summed E-state index contributed by atoms with van der Waals surface area (Å²) >= 11 is 1.35. The van der Waals surface area contributed by atoms with Crippen molar-refractivity contribution >= 4 is 35.9 Å². The van der Waals surface area contributed by atoms with Crippen LogP contribution in [0.5, 0.6) is 5.75 Å². The van der Waals surface area contributed by atoms with Gasteiger partial charge in [-0.3, -0.25) is 14.8 Å². The fourth-order valence-electron chi connectivity index (χ4n) is 5.91. The summed E-state index contributed by atoms with van der Waals surface area (Å²) in [6.07, 6.45) is 2.93. The Morgan fingerprint density at radius 1 is 1.23 bits per heavy atom. The number of rotatable bonds is 11. The number of carbonyl (C=O) groups is 1. The summed E-state index contributed by atoms with van der Waals surface area (Å²) < 4.78 is 6.32. The van der Waals surface area contributed by atoms with Gasteiger partial charge in [0.05, 0.1) is 17.8 Å². The highest BCUT2D eigenvalue weighted by Crippen LogP contribution is 2.34. The monoisotopic (exact) mass is 603 g/mol. The van der Waals surface area contributed by atoms with E-state index in [1.807, 2.05) is 39.0 Å². The Kier molecular flexibility index (Phi) is 9.24. The van der Waals surface area contributed by atoms with Crippen LogP contribution in [0.15, 0.2) is 62.6 Å². The van der Waals surface area contributed by atoms with E-state index in [2.05, 4.69) is 45.4 Å². The molecule has 2 aromatic carbocycles. The summed E-state index contributed by atoms with van der Waals surface area (Å²) in [5.41, 5.74) is 24.3. The number of hydrogen-bond donors (Lipinski definition) is 4. The molecule has 2 heterocycles. The SMILES string of the molecule is C=NC(=C\SCN)/C(=N/OC(C)C1CCc2cc(C(N)=NCc3ccc4c(c3)CCC4N)ccc2O1)C1C(=O)NC1(C)C. The minimum Gasteiger partial charge on any atom is -0.486 e. The number of benzene rings is 2. The molecular weight excluding hydrogens is 562 g/mol. The van der Waals surface area contributed by atoms with E-state index in [0.29, 0.717) is 29.7 Å². The first-order chi connectivity index (χ1) is 20.6. The molecule has 2 aliphatic heterocycles. The fraction of sp³-hybridized carbons (Fsp3) is 0.438. The van der Waals surface area contributed by atoms with E-state index in [0.717, 1.165) is 48.1 Å². The van der Waals surface area contributed by atoms with Crippen molar-refractivity contribution in [3.63, 3.8) is 0 Å². The number of allylic oxidation sites excluding steroid dienone is 1. The number of nitrogens with two attached hydrogens (primary N) is 3. The first-order valence-corrected chi connectivity index (χ1v) is 15.7. The molecular formula is C32H41N7O3S. The number of nitrogens with zero attached hydrogens (tertiary/aromatic N) is 3. The van der Waals surface area contributed by atoms with Crippen molar-refractivity contribution in [3.8, 4) is 5.75 Å². The summed E-state index contributed by atoms with van der Waals surface area (Å²) in [6.45, 7) is 9.96. The number of aryl methyl sites for hydroxylation is 2. The topological polar surface area (TPSA) is 163 Å². The molecule has 1 amide bonds. The lowest BCUT2D eigenvalue weighted by Crippen LogP contribution is -2.68. The average molecular weight is 604 g/mol. The van der Waals surface area contributed by atoms with E-state index >= 15 is 0 Å². The number of amides is 1. The first-order valence-electron chi connectivity index (χ1n) is 14.6. The number of ether oxygens (including phenoxy) is 1. The van der Waals surface area contributed by atoms with Gasteiger partial charge in [-0.1, -0.05) is 23.4 Å². The summed E-state index contributed by atoms with van der Waals surface area (Å²) in [6, 6.07) is 12.5. The fourth-order valence-corrected chi connectivity index (χ4v) is 6.36. The highest BCUT2D eigenvalue weighted by Gasteiger charge is 2.50. The van der Waals surface area contributed by atoms with Crippen LogP contribution in [0.2, 0.25) is 0 Å². The lowest BCUT2D eigenvalue weighted by molar-refractivity contribution is -0.135. The third-order valence-electron chi connectivity index (χ3n) is 8.36. The summed E-state index contributed by atoms with van der Waals surface area (Å²) in [5, 5.41) is 9.09. The van der Waals surface area contributed by atoms with E-state index in [4.69, 9.17) is 26.8 Å². The van der Waals surface area contributed by atoms with Gasteiger partial charge < -0.3 is 32.1 Å². The maximum absolute atomic E-state index is 12.5. The van der Waals surface area contributed by atoms with E-state index in [-0.39, 0.29) is 24.2 Å². The Balaban J connectivity index is 1.25. The number of nitrogens with one attached hydrogen (secondary N) is 1. The predicted octanol–water partition coefficient (Wildman–Crippen LogP) is 3.71. The number of fused-ring (bicyclic) bond motifs is 2. The molecule has 1 aliphatic carbocycles. The van der Waals surface area contributed by atoms with Crippen LogP contribution in [0.3, 0.4) is 0 Å². The molecule has 4 atom stereocenters. The smallest absolute Gasteiger partial charge is 0.232 e. The molecule has 10 nitrogen and oxygen atoms in total. The lowest BCUT2D eigenvalue weighted by atomic mass is 9.75. The summed E-state index contributed by atoms with van der Waals surface area (Å²) in [4.78, 5) is 27.2. The van der Waals surface area contributed by atoms with Gasteiger partial charge >= 0.3 is 0 Å². The average Bonchev–Trinajstić information content (AvgIpc) is 3.37. The lowest BCUT2D eigenvalue weighted by Gasteiger charge is -2.44. The number of carbonyl (C=O) groups excluding carboxylic acids is 1. The van der Waals surface area contributed by atoms with Crippen LogP contribution in [-0.4, -0.2) is 47.8 Å². The van der Waals surface area contributed by atoms with Crippen molar-refractivity contribution in [2.45, 2.75) is 76.8 Å². The van der Waals surface area contributed by atoms with Crippen LogP contribution >= 0.6 is 11.8 Å². The zero-order chi connectivity index (χ0) is 30.7. The zero-order valence-corrected chi connectivity index (χ0v) is 25.8. The molecule has 0 saturated carbocycles. The van der Waals surface area contributed by atoms with Crippen LogP contribution in [0.1, 0.15) is 67.5 Å². The van der Waals surface area contributed by atoms with Crippen molar-refractivity contribution in [2.75, 3.05) is 5.88 Å². The van der Waals surface area contributed by atoms with Crippen LogP contribution in [0.25, 0.3) is 0 Å². The van der Waals surface area contributed by atoms with Gasteiger partial charge in [0.15, 0.2) is 6.10 Å². The molecule has 43 heavy (non-hydrogen) atoms. The maximum Gasteiger partial charge on any atom is 0.232 e. The Labute approximate surface area is 257 Å². The second kappa shape index (κ2) is 12.9. The van der Waals surface area contributed by atoms with Crippen molar-refractivity contribution in [3.05, 3.63) is 75.3 Å². The minimum atomic E-state index is -0.519. The number of thioether (sulfide) groups is 1. The molecule has 7 N–H and O–H groups in total. The molecule has 0 bridgehead atoms. The zero-order valence-electron chi connectivity index (χ0n) is 25.0. The van der Waals surface area contributed by atoms with Crippen molar-refractivity contribution < 1.29 is 14.4 Å². The third-order valence-corrected chi connectivity index (χ3v) is 8.95. The number of amidine groups is 1. The van der Waals surface area contributed by atoms with Gasteiger partial charge in [0, 0.05) is 17.5 Å². The number of aliphatic imine (C=N–C) groups is 2. The standard InChI is InChI=1S/C32H41N7O3S/c1-18(42-39-29(25(36-4)16-43-17-33)28-31(40)38-32(28,2)3)26-11-7-21-14-22(8-12-27(21)41-26)30(35)37-15-19-5-9-23-20(13-19)6-10-24(23)34/h5,8-9,12-14,16,18,24,26,28H,4,6-7,10-11,15,17,33-34H2,1-3H3,(H2,35,37)(H,38,40)/b25-16-,39-29-. The molecule has 1 saturated heterocycles. The van der Waals surface area contributed by atoms with E-state index in [1.165, 1.54) is 22.9 Å². The Morgan fingerprint density at radius 3 is 2.74 bits per heavy atom. The van der Waals surface area contributed by atoms with Gasteiger partial charge in [-0.15, -0.1) is 11.8 Å². The van der Waals surface area contributed by atoms with Crippen molar-refractivity contribution in [1.29, 1.82) is 0 Å². The highest BCUT2D eigenvalue weighted by molar-refractivity contribution is 8.02. The molecule has 11 heteroatoms. The summed E-state index contributed by atoms with van der Waals surface area (Å²) in [5.74, 6) is 0.994. The van der Waals surface area contributed by atoms with Gasteiger partial charge in [0.25, 0.3) is 0 Å². The normalized spacial score (nSPS) is 23.8. The molecule has 1 fully saturated rings. The van der Waals surface area contributed by atoms with Crippen molar-refractivity contribution in [2.24, 2.45) is 38.3 Å². The quantitative estimate of drug-likeness (QED) is 0.100. The number of β-lactam (4-membered cyclic amide) rings is 1. The molecule has 0 aromatic heterocycles. The van der Waals surface area contributed by atoms with Crippen LogP contribution in [0, 0.1) is 5.92 Å². The Hall–Kier alpha value is -3.67. The molecule has 228 valence electrons. The second-order valence-electron chi connectivity index (χ2n) is 11.8. The van der Waals surface area contributed by atoms with Gasteiger partial charge in [0.2, 0.25) is 5.91 Å². The molecule has 3 aliphatic rings. The maximum atomic E-state index is 12.5. The number of oxime groups is 1. The van der Waals surface area contributed by atoms with Gasteiger partial charge in [-0.2, -0.15) is 0 Å².